The molecule has 27 heavy (non-hydrogen) atoms. The molecule has 0 radical (unpaired) electrons. The molecule has 1 aliphatic rings. The summed E-state index contributed by atoms with van der Waals surface area (Å²) in [5.41, 5.74) is 0. The van der Waals surface area contributed by atoms with Gasteiger partial charge in [-0.2, -0.15) is 0 Å². The van der Waals surface area contributed by atoms with E-state index in [0.717, 1.165) is 42.2 Å². The Hall–Kier alpha value is -1.03. The lowest BCUT2D eigenvalue weighted by Gasteiger charge is -2.20. The van der Waals surface area contributed by atoms with Gasteiger partial charge in [-0.25, -0.2) is 4.99 Å². The number of nitrogens with zero attached hydrogens (tertiary/aromatic N) is 2. The van der Waals surface area contributed by atoms with E-state index in [2.05, 4.69) is 31.6 Å². The lowest BCUT2D eigenvalue weighted by molar-refractivity contribution is -0.133. The molecule has 0 spiro atoms. The molecule has 0 aliphatic carbocycles. The molecule has 1 heterocycles. The Kier molecular flexibility index (Phi) is 11.1. The van der Waals surface area contributed by atoms with Crippen molar-refractivity contribution in [1.82, 2.24) is 15.5 Å². The fourth-order valence-corrected chi connectivity index (χ4v) is 3.21. The first-order valence-corrected chi connectivity index (χ1v) is 10.0. The van der Waals surface area contributed by atoms with E-state index in [4.69, 9.17) is 4.74 Å². The highest BCUT2D eigenvalue weighted by Crippen LogP contribution is 2.17. The van der Waals surface area contributed by atoms with E-state index < -0.39 is 0 Å². The van der Waals surface area contributed by atoms with Gasteiger partial charge in [-0.1, -0.05) is 35.8 Å². The van der Waals surface area contributed by atoms with Crippen LogP contribution in [0, 0.1) is 5.92 Å². The third kappa shape index (κ3) is 8.25. The number of aliphatic imine (C=N–C) groups is 1. The van der Waals surface area contributed by atoms with Crippen LogP contribution >= 0.6 is 39.9 Å². The topological polar surface area (TPSA) is 66.0 Å². The number of likely N-dealkylation sites (tertiary alicyclic amines) is 1. The Balaban J connectivity index is 0.00000364. The van der Waals surface area contributed by atoms with Crippen molar-refractivity contribution < 1.29 is 9.53 Å². The van der Waals surface area contributed by atoms with Crippen molar-refractivity contribution in [1.29, 1.82) is 0 Å². The number of halogens is 2. The van der Waals surface area contributed by atoms with Crippen LogP contribution in [0.25, 0.3) is 0 Å². The van der Waals surface area contributed by atoms with Crippen molar-refractivity contribution in [3.63, 3.8) is 0 Å². The molecule has 0 saturated carbocycles. The number of amides is 1. The van der Waals surface area contributed by atoms with E-state index in [9.17, 15) is 4.79 Å². The highest BCUT2D eigenvalue weighted by atomic mass is 127. The first-order valence-electron chi connectivity index (χ1n) is 9.21. The van der Waals surface area contributed by atoms with Crippen LogP contribution in [0.15, 0.2) is 33.7 Å². The number of nitrogens with one attached hydrogen (secondary N) is 2. The van der Waals surface area contributed by atoms with Crippen molar-refractivity contribution >= 4 is 51.8 Å². The third-order valence-electron chi connectivity index (χ3n) is 4.10. The summed E-state index contributed by atoms with van der Waals surface area (Å²) in [6.07, 6.45) is 0.942. The monoisotopic (exact) mass is 552 g/mol. The lowest BCUT2D eigenvalue weighted by Crippen LogP contribution is -2.45. The molecule has 1 aromatic carbocycles. The molecule has 1 unspecified atom stereocenters. The van der Waals surface area contributed by atoms with Crippen LogP contribution in [0.4, 0.5) is 0 Å². The fourth-order valence-electron chi connectivity index (χ4n) is 2.83. The molecular weight excluding hydrogens is 523 g/mol. The van der Waals surface area contributed by atoms with Crippen molar-refractivity contribution in [2.24, 2.45) is 10.9 Å². The Morgan fingerprint density at radius 1 is 1.44 bits per heavy atom. The Morgan fingerprint density at radius 2 is 2.22 bits per heavy atom. The van der Waals surface area contributed by atoms with E-state index in [1.807, 2.05) is 49.9 Å². The van der Waals surface area contributed by atoms with E-state index in [-0.39, 0.29) is 41.8 Å². The number of rotatable bonds is 7. The second kappa shape index (κ2) is 12.4. The van der Waals surface area contributed by atoms with Crippen molar-refractivity contribution in [3.05, 3.63) is 28.7 Å². The van der Waals surface area contributed by atoms with Gasteiger partial charge in [-0.3, -0.25) is 4.79 Å². The van der Waals surface area contributed by atoms with Crippen LogP contribution in [0.3, 0.4) is 0 Å². The summed E-state index contributed by atoms with van der Waals surface area (Å²) < 4.78 is 6.71. The Labute approximate surface area is 187 Å². The zero-order valence-electron chi connectivity index (χ0n) is 16.2. The minimum atomic E-state index is 0. The standard InChI is InChI=1S/C19H29BrN4O2.HI/c1-4-21-19(22-9-11-26-17-7-5-6-15(20)12-17)23-16-8-10-24(13-16)18(25)14(2)3;/h5-7,12,14,16H,4,8-11,13H2,1-3H3,(H2,21,22,23);1H. The zero-order valence-corrected chi connectivity index (χ0v) is 20.1. The third-order valence-corrected chi connectivity index (χ3v) is 4.60. The highest BCUT2D eigenvalue weighted by Gasteiger charge is 2.27. The minimum Gasteiger partial charge on any atom is -0.492 e. The fraction of sp³-hybridized carbons (Fsp3) is 0.579. The summed E-state index contributed by atoms with van der Waals surface area (Å²) in [5, 5.41) is 6.69. The molecule has 0 aromatic heterocycles. The largest absolute Gasteiger partial charge is 0.492 e. The molecule has 1 atom stereocenters. The second-order valence-corrected chi connectivity index (χ2v) is 7.55. The van der Waals surface area contributed by atoms with Gasteiger partial charge < -0.3 is 20.3 Å². The molecule has 1 saturated heterocycles. The summed E-state index contributed by atoms with van der Waals surface area (Å²) >= 11 is 3.43. The summed E-state index contributed by atoms with van der Waals surface area (Å²) in [6.45, 7) is 9.33. The van der Waals surface area contributed by atoms with Crippen LogP contribution in [0.1, 0.15) is 27.2 Å². The van der Waals surface area contributed by atoms with Gasteiger partial charge in [-0.15, -0.1) is 24.0 Å². The smallest absolute Gasteiger partial charge is 0.225 e. The van der Waals surface area contributed by atoms with E-state index >= 15 is 0 Å². The molecule has 2 rings (SSSR count). The average molecular weight is 553 g/mol. The van der Waals surface area contributed by atoms with Gasteiger partial charge in [0.2, 0.25) is 5.91 Å². The van der Waals surface area contributed by atoms with Crippen LogP contribution < -0.4 is 15.4 Å². The van der Waals surface area contributed by atoms with Gasteiger partial charge in [0.25, 0.3) is 0 Å². The molecule has 1 aliphatic heterocycles. The van der Waals surface area contributed by atoms with Gasteiger partial charge in [-0.05, 0) is 31.5 Å². The molecule has 1 aromatic rings. The molecule has 2 N–H and O–H groups in total. The van der Waals surface area contributed by atoms with E-state index in [1.54, 1.807) is 0 Å². The first-order chi connectivity index (χ1) is 12.5. The maximum absolute atomic E-state index is 12.1. The maximum Gasteiger partial charge on any atom is 0.225 e. The summed E-state index contributed by atoms with van der Waals surface area (Å²) in [4.78, 5) is 18.6. The molecule has 1 fully saturated rings. The minimum absolute atomic E-state index is 0. The van der Waals surface area contributed by atoms with Gasteiger partial charge >= 0.3 is 0 Å². The average Bonchev–Trinajstić information content (AvgIpc) is 3.06. The molecule has 6 nitrogen and oxygen atoms in total. The summed E-state index contributed by atoms with van der Waals surface area (Å²) in [7, 11) is 0. The molecular formula is C19H30BrIN4O2. The molecule has 152 valence electrons. The maximum atomic E-state index is 12.1. The van der Waals surface area contributed by atoms with Crippen molar-refractivity contribution in [2.45, 2.75) is 33.2 Å². The molecule has 0 bridgehead atoms. The SMILES string of the molecule is CCNC(=NCCOc1cccc(Br)c1)NC1CCN(C(=O)C(C)C)C1.I. The Morgan fingerprint density at radius 3 is 2.89 bits per heavy atom. The second-order valence-electron chi connectivity index (χ2n) is 6.64. The molecule has 1 amide bonds. The van der Waals surface area contributed by atoms with Crippen LogP contribution in [0.5, 0.6) is 5.75 Å². The predicted molar refractivity (Wildman–Crippen MR) is 124 cm³/mol. The van der Waals surface area contributed by atoms with Gasteiger partial charge in [0.1, 0.15) is 12.4 Å². The first kappa shape index (κ1) is 24.0. The number of hydrogen-bond donors (Lipinski definition) is 2. The lowest BCUT2D eigenvalue weighted by atomic mass is 10.2. The summed E-state index contributed by atoms with van der Waals surface area (Å²) in [5.74, 6) is 1.87. The van der Waals surface area contributed by atoms with Gasteiger partial charge in [0.15, 0.2) is 5.96 Å². The Bertz CT molecular complexity index is 627. The van der Waals surface area contributed by atoms with E-state index in [1.165, 1.54) is 0 Å². The van der Waals surface area contributed by atoms with Gasteiger partial charge in [0, 0.05) is 36.1 Å². The van der Waals surface area contributed by atoms with Gasteiger partial charge in [0.05, 0.1) is 6.54 Å². The van der Waals surface area contributed by atoms with Crippen LogP contribution in [-0.2, 0) is 4.79 Å². The normalized spacial score (nSPS) is 16.9. The number of ether oxygens (including phenoxy) is 1. The number of hydrogen-bond acceptors (Lipinski definition) is 3. The number of benzene rings is 1. The molecule has 8 heteroatoms. The van der Waals surface area contributed by atoms with Crippen molar-refractivity contribution in [3.8, 4) is 5.75 Å². The van der Waals surface area contributed by atoms with Crippen LogP contribution in [0.2, 0.25) is 0 Å². The summed E-state index contributed by atoms with van der Waals surface area (Å²) in [6, 6.07) is 8.01. The van der Waals surface area contributed by atoms with Crippen LogP contribution in [-0.4, -0.2) is 55.6 Å². The quantitative estimate of drug-likeness (QED) is 0.236. The predicted octanol–water partition coefficient (Wildman–Crippen LogP) is 3.26. The van der Waals surface area contributed by atoms with Crippen molar-refractivity contribution in [2.75, 3.05) is 32.8 Å². The number of carbonyl (C=O) groups excluding carboxylic acids is 1. The van der Waals surface area contributed by atoms with E-state index in [0.29, 0.717) is 13.2 Å². The number of carbonyl (C=O) groups is 1. The number of guanidine groups is 1. The zero-order chi connectivity index (χ0) is 18.9. The highest BCUT2D eigenvalue weighted by molar-refractivity contribution is 14.0.